The number of benzene rings is 1. The van der Waals surface area contributed by atoms with E-state index in [-0.39, 0.29) is 0 Å². The molecule has 1 N–H and O–H groups in total. The summed E-state index contributed by atoms with van der Waals surface area (Å²) in [4.78, 5) is 4.58. The lowest BCUT2D eigenvalue weighted by atomic mass is 10.1. The predicted molar refractivity (Wildman–Crippen MR) is 76.0 cm³/mol. The SMILES string of the molecule is c1ccc(C2CN=C(NCC3CCOC3)S2)cc1. The van der Waals surface area contributed by atoms with Crippen molar-refractivity contribution in [3.63, 3.8) is 0 Å². The highest BCUT2D eigenvalue weighted by molar-refractivity contribution is 8.14. The fraction of sp³-hybridized carbons (Fsp3) is 0.500. The molecule has 4 heteroatoms. The van der Waals surface area contributed by atoms with Crippen molar-refractivity contribution >= 4 is 16.9 Å². The molecule has 1 fully saturated rings. The molecule has 2 aliphatic heterocycles. The molecule has 2 aliphatic rings. The molecule has 0 spiro atoms. The summed E-state index contributed by atoms with van der Waals surface area (Å²) in [5.74, 6) is 0.657. The highest BCUT2D eigenvalue weighted by Crippen LogP contribution is 2.34. The molecule has 3 nitrogen and oxygen atoms in total. The van der Waals surface area contributed by atoms with E-state index in [1.54, 1.807) is 0 Å². The number of rotatable bonds is 3. The van der Waals surface area contributed by atoms with E-state index in [1.165, 1.54) is 12.0 Å². The third kappa shape index (κ3) is 2.87. The van der Waals surface area contributed by atoms with Crippen molar-refractivity contribution in [3.8, 4) is 0 Å². The first-order valence-electron chi connectivity index (χ1n) is 6.49. The van der Waals surface area contributed by atoms with Crippen molar-refractivity contribution in [2.45, 2.75) is 11.7 Å². The summed E-state index contributed by atoms with van der Waals surface area (Å²) in [7, 11) is 0. The van der Waals surface area contributed by atoms with Gasteiger partial charge in [-0.3, -0.25) is 4.99 Å². The average molecular weight is 262 g/mol. The van der Waals surface area contributed by atoms with Crippen molar-refractivity contribution in [1.29, 1.82) is 0 Å². The number of hydrogen-bond donors (Lipinski definition) is 1. The van der Waals surface area contributed by atoms with Crippen molar-refractivity contribution < 1.29 is 4.74 Å². The van der Waals surface area contributed by atoms with E-state index in [1.807, 2.05) is 11.8 Å². The molecule has 0 saturated carbocycles. The molecule has 0 aliphatic carbocycles. The van der Waals surface area contributed by atoms with Gasteiger partial charge in [-0.05, 0) is 12.0 Å². The fourth-order valence-electron chi connectivity index (χ4n) is 2.29. The minimum Gasteiger partial charge on any atom is -0.381 e. The van der Waals surface area contributed by atoms with Crippen LogP contribution in [0.4, 0.5) is 0 Å². The highest BCUT2D eigenvalue weighted by atomic mass is 32.2. The highest BCUT2D eigenvalue weighted by Gasteiger charge is 2.22. The molecule has 2 heterocycles. The van der Waals surface area contributed by atoms with Crippen LogP contribution in [0.2, 0.25) is 0 Å². The number of nitrogens with zero attached hydrogens (tertiary/aromatic N) is 1. The van der Waals surface area contributed by atoms with Crippen LogP contribution < -0.4 is 5.32 Å². The Morgan fingerprint density at radius 3 is 3.00 bits per heavy atom. The summed E-state index contributed by atoms with van der Waals surface area (Å²) in [5.41, 5.74) is 1.37. The molecule has 18 heavy (non-hydrogen) atoms. The minimum absolute atomic E-state index is 0.480. The van der Waals surface area contributed by atoms with Crippen molar-refractivity contribution in [3.05, 3.63) is 35.9 Å². The van der Waals surface area contributed by atoms with Crippen LogP contribution in [0.1, 0.15) is 17.2 Å². The van der Waals surface area contributed by atoms with Crippen LogP contribution in [0, 0.1) is 5.92 Å². The van der Waals surface area contributed by atoms with E-state index >= 15 is 0 Å². The Morgan fingerprint density at radius 2 is 2.22 bits per heavy atom. The minimum atomic E-state index is 0.480. The lowest BCUT2D eigenvalue weighted by Crippen LogP contribution is -2.26. The zero-order valence-electron chi connectivity index (χ0n) is 10.3. The molecule has 1 saturated heterocycles. The van der Waals surface area contributed by atoms with Crippen LogP contribution in [0.3, 0.4) is 0 Å². The summed E-state index contributed by atoms with van der Waals surface area (Å²) in [5, 5.41) is 5.03. The molecule has 1 aromatic carbocycles. The van der Waals surface area contributed by atoms with Crippen LogP contribution in [0.5, 0.6) is 0 Å². The monoisotopic (exact) mass is 262 g/mol. The normalized spacial score (nSPS) is 27.2. The van der Waals surface area contributed by atoms with Gasteiger partial charge < -0.3 is 10.1 Å². The lowest BCUT2D eigenvalue weighted by Gasteiger charge is -2.11. The van der Waals surface area contributed by atoms with E-state index in [4.69, 9.17) is 4.74 Å². The van der Waals surface area contributed by atoms with Gasteiger partial charge in [0.2, 0.25) is 0 Å². The quantitative estimate of drug-likeness (QED) is 0.908. The number of amidine groups is 1. The van der Waals surface area contributed by atoms with Gasteiger partial charge in [0.15, 0.2) is 5.17 Å². The number of nitrogens with one attached hydrogen (secondary N) is 1. The van der Waals surface area contributed by atoms with Gasteiger partial charge in [0, 0.05) is 19.1 Å². The summed E-state index contributed by atoms with van der Waals surface area (Å²) >= 11 is 1.85. The van der Waals surface area contributed by atoms with Gasteiger partial charge in [-0.15, -0.1) is 0 Å². The molecule has 0 amide bonds. The maximum Gasteiger partial charge on any atom is 0.157 e. The molecular weight excluding hydrogens is 244 g/mol. The zero-order chi connectivity index (χ0) is 12.2. The Kier molecular flexibility index (Phi) is 3.86. The van der Waals surface area contributed by atoms with Gasteiger partial charge in [-0.25, -0.2) is 0 Å². The van der Waals surface area contributed by atoms with E-state index in [9.17, 15) is 0 Å². The van der Waals surface area contributed by atoms with Crippen LogP contribution in [0.25, 0.3) is 0 Å². The second-order valence-electron chi connectivity index (χ2n) is 4.77. The Morgan fingerprint density at radius 1 is 1.33 bits per heavy atom. The molecule has 96 valence electrons. The van der Waals surface area contributed by atoms with E-state index in [0.717, 1.165) is 31.5 Å². The third-order valence-electron chi connectivity index (χ3n) is 3.39. The predicted octanol–water partition coefficient (Wildman–Crippen LogP) is 2.46. The maximum absolute atomic E-state index is 5.38. The van der Waals surface area contributed by atoms with Crippen LogP contribution >= 0.6 is 11.8 Å². The number of hydrogen-bond acceptors (Lipinski definition) is 4. The molecule has 3 rings (SSSR count). The molecule has 1 aromatic rings. The first-order valence-corrected chi connectivity index (χ1v) is 7.37. The van der Waals surface area contributed by atoms with Gasteiger partial charge in [-0.2, -0.15) is 0 Å². The Labute approximate surface area is 112 Å². The zero-order valence-corrected chi connectivity index (χ0v) is 11.2. The topological polar surface area (TPSA) is 33.6 Å². The van der Waals surface area contributed by atoms with E-state index in [2.05, 4.69) is 40.6 Å². The van der Waals surface area contributed by atoms with Gasteiger partial charge in [0.1, 0.15) is 0 Å². The second kappa shape index (κ2) is 5.76. The van der Waals surface area contributed by atoms with Crippen molar-refractivity contribution in [2.24, 2.45) is 10.9 Å². The smallest absolute Gasteiger partial charge is 0.157 e. The second-order valence-corrected chi connectivity index (χ2v) is 5.96. The van der Waals surface area contributed by atoms with Crippen LogP contribution in [-0.2, 0) is 4.74 Å². The van der Waals surface area contributed by atoms with Gasteiger partial charge in [-0.1, -0.05) is 42.1 Å². The Balaban J connectivity index is 1.49. The van der Waals surface area contributed by atoms with Gasteiger partial charge in [0.05, 0.1) is 18.4 Å². The Bertz CT molecular complexity index is 415. The molecule has 2 unspecified atom stereocenters. The van der Waals surface area contributed by atoms with Crippen molar-refractivity contribution in [1.82, 2.24) is 5.32 Å². The largest absolute Gasteiger partial charge is 0.381 e. The molecule has 0 aromatic heterocycles. The van der Waals surface area contributed by atoms with Gasteiger partial charge >= 0.3 is 0 Å². The maximum atomic E-state index is 5.38. The van der Waals surface area contributed by atoms with E-state index in [0.29, 0.717) is 11.2 Å². The third-order valence-corrected chi connectivity index (χ3v) is 4.59. The molecule has 0 radical (unpaired) electrons. The summed E-state index contributed by atoms with van der Waals surface area (Å²) in [6.07, 6.45) is 1.17. The van der Waals surface area contributed by atoms with E-state index < -0.39 is 0 Å². The van der Waals surface area contributed by atoms with Crippen LogP contribution in [0.15, 0.2) is 35.3 Å². The Hall–Kier alpha value is -1.00. The average Bonchev–Trinajstić information content (AvgIpc) is 3.09. The molecule has 0 bridgehead atoms. The summed E-state index contributed by atoms with van der Waals surface area (Å²) in [6, 6.07) is 10.6. The number of ether oxygens (including phenoxy) is 1. The standard InChI is InChI=1S/C14H18N2OS/c1-2-4-12(5-3-1)13-9-16-14(18-13)15-8-11-6-7-17-10-11/h1-5,11,13H,6-10H2,(H,15,16). The first-order chi connectivity index (χ1) is 8.92. The fourth-order valence-corrected chi connectivity index (χ4v) is 3.32. The van der Waals surface area contributed by atoms with Crippen LogP contribution in [-0.4, -0.2) is 31.5 Å². The van der Waals surface area contributed by atoms with Crippen molar-refractivity contribution in [2.75, 3.05) is 26.3 Å². The number of aliphatic imine (C=N–C) groups is 1. The number of thioether (sulfide) groups is 1. The molecule has 2 atom stereocenters. The summed E-state index contributed by atoms with van der Waals surface area (Å²) in [6.45, 7) is 3.69. The lowest BCUT2D eigenvalue weighted by molar-refractivity contribution is 0.186. The van der Waals surface area contributed by atoms with Gasteiger partial charge in [0.25, 0.3) is 0 Å². The molecular formula is C14H18N2OS. The summed E-state index contributed by atoms with van der Waals surface area (Å²) < 4.78 is 5.38. The first kappa shape index (κ1) is 12.1.